The second-order valence-corrected chi connectivity index (χ2v) is 4.48. The number of hydrogen-bond donors (Lipinski definition) is 2. The van der Waals surface area contributed by atoms with Crippen molar-refractivity contribution in [1.82, 2.24) is 4.90 Å². The Hall–Kier alpha value is -1.71. The van der Waals surface area contributed by atoms with Gasteiger partial charge < -0.3 is 16.0 Å². The van der Waals surface area contributed by atoms with Crippen molar-refractivity contribution in [3.8, 4) is 0 Å². The number of anilines is 2. The van der Waals surface area contributed by atoms with Gasteiger partial charge in [0.05, 0.1) is 0 Å². The van der Waals surface area contributed by atoms with Crippen molar-refractivity contribution in [1.29, 1.82) is 0 Å². The van der Waals surface area contributed by atoms with E-state index in [-0.39, 0.29) is 6.03 Å². The van der Waals surface area contributed by atoms with Crippen LogP contribution < -0.4 is 11.1 Å². The van der Waals surface area contributed by atoms with Crippen molar-refractivity contribution < 1.29 is 4.79 Å². The van der Waals surface area contributed by atoms with Gasteiger partial charge in [0.25, 0.3) is 0 Å². The van der Waals surface area contributed by atoms with E-state index in [2.05, 4.69) is 19.2 Å². The lowest BCUT2D eigenvalue weighted by Gasteiger charge is -2.23. The maximum Gasteiger partial charge on any atom is 0.321 e. The first-order valence-electron chi connectivity index (χ1n) is 5.94. The summed E-state index contributed by atoms with van der Waals surface area (Å²) >= 11 is 0. The maximum atomic E-state index is 11.9. The van der Waals surface area contributed by atoms with E-state index in [1.54, 1.807) is 29.2 Å². The van der Waals surface area contributed by atoms with Gasteiger partial charge >= 0.3 is 6.03 Å². The van der Waals surface area contributed by atoms with E-state index in [1.807, 2.05) is 6.92 Å². The van der Waals surface area contributed by atoms with E-state index < -0.39 is 0 Å². The average molecular weight is 235 g/mol. The number of carbonyl (C=O) groups is 1. The van der Waals surface area contributed by atoms with Crippen LogP contribution in [0.4, 0.5) is 16.2 Å². The zero-order chi connectivity index (χ0) is 12.8. The van der Waals surface area contributed by atoms with Crippen LogP contribution in [0, 0.1) is 5.92 Å². The molecule has 17 heavy (non-hydrogen) atoms. The van der Waals surface area contributed by atoms with Crippen molar-refractivity contribution in [2.45, 2.75) is 20.8 Å². The smallest absolute Gasteiger partial charge is 0.321 e. The van der Waals surface area contributed by atoms with Crippen LogP contribution in [-0.4, -0.2) is 24.0 Å². The van der Waals surface area contributed by atoms with E-state index in [1.165, 1.54) is 0 Å². The lowest BCUT2D eigenvalue weighted by atomic mass is 10.2. The first kappa shape index (κ1) is 13.4. The number of nitrogen functional groups attached to an aromatic ring is 1. The summed E-state index contributed by atoms with van der Waals surface area (Å²) in [7, 11) is 0. The molecular formula is C13H21N3O. The molecule has 0 radical (unpaired) electrons. The fraction of sp³-hybridized carbons (Fsp3) is 0.462. The molecule has 0 saturated carbocycles. The fourth-order valence-electron chi connectivity index (χ4n) is 1.57. The Morgan fingerprint density at radius 1 is 1.35 bits per heavy atom. The minimum atomic E-state index is -0.0639. The molecule has 0 aromatic heterocycles. The van der Waals surface area contributed by atoms with E-state index >= 15 is 0 Å². The van der Waals surface area contributed by atoms with E-state index in [0.29, 0.717) is 18.2 Å². The molecule has 0 aliphatic rings. The van der Waals surface area contributed by atoms with Gasteiger partial charge in [0.15, 0.2) is 0 Å². The number of urea groups is 1. The predicted molar refractivity (Wildman–Crippen MR) is 72.0 cm³/mol. The van der Waals surface area contributed by atoms with Crippen LogP contribution in [0.2, 0.25) is 0 Å². The van der Waals surface area contributed by atoms with Crippen molar-refractivity contribution >= 4 is 17.4 Å². The van der Waals surface area contributed by atoms with Gasteiger partial charge in [-0.1, -0.05) is 13.8 Å². The second kappa shape index (κ2) is 6.13. The van der Waals surface area contributed by atoms with E-state index in [9.17, 15) is 4.79 Å². The number of amides is 2. The predicted octanol–water partition coefficient (Wildman–Crippen LogP) is 2.78. The summed E-state index contributed by atoms with van der Waals surface area (Å²) < 4.78 is 0. The van der Waals surface area contributed by atoms with Crippen LogP contribution in [-0.2, 0) is 0 Å². The Bertz CT molecular complexity index is 359. The van der Waals surface area contributed by atoms with Crippen LogP contribution >= 0.6 is 0 Å². The third-order valence-electron chi connectivity index (χ3n) is 2.42. The molecule has 94 valence electrons. The van der Waals surface area contributed by atoms with Gasteiger partial charge in [-0.25, -0.2) is 4.79 Å². The molecule has 1 rings (SSSR count). The topological polar surface area (TPSA) is 58.4 Å². The Kier molecular flexibility index (Phi) is 4.82. The number of hydrogen-bond acceptors (Lipinski definition) is 2. The zero-order valence-corrected chi connectivity index (χ0v) is 10.7. The number of nitrogens with zero attached hydrogens (tertiary/aromatic N) is 1. The highest BCUT2D eigenvalue weighted by molar-refractivity contribution is 5.89. The average Bonchev–Trinajstić information content (AvgIpc) is 2.28. The summed E-state index contributed by atoms with van der Waals surface area (Å²) in [5.74, 6) is 0.465. The van der Waals surface area contributed by atoms with Crippen molar-refractivity contribution in [3.05, 3.63) is 24.3 Å². The van der Waals surface area contributed by atoms with Crippen molar-refractivity contribution in [3.63, 3.8) is 0 Å². The molecule has 0 saturated heterocycles. The highest BCUT2D eigenvalue weighted by Crippen LogP contribution is 2.11. The fourth-order valence-corrected chi connectivity index (χ4v) is 1.57. The second-order valence-electron chi connectivity index (χ2n) is 4.48. The third-order valence-corrected chi connectivity index (χ3v) is 2.42. The van der Waals surface area contributed by atoms with Crippen molar-refractivity contribution in [2.75, 3.05) is 24.1 Å². The van der Waals surface area contributed by atoms with Gasteiger partial charge in [-0.05, 0) is 37.1 Å². The Morgan fingerprint density at radius 3 is 2.41 bits per heavy atom. The van der Waals surface area contributed by atoms with Crippen LogP contribution in [0.1, 0.15) is 20.8 Å². The minimum Gasteiger partial charge on any atom is -0.399 e. The largest absolute Gasteiger partial charge is 0.399 e. The molecule has 0 aliphatic heterocycles. The SMILES string of the molecule is CCN(CC(C)C)C(=O)Nc1ccc(N)cc1. The zero-order valence-electron chi connectivity index (χ0n) is 10.7. The Balaban J connectivity index is 2.60. The minimum absolute atomic E-state index is 0.0639. The molecule has 0 fully saturated rings. The molecule has 1 aromatic rings. The van der Waals surface area contributed by atoms with E-state index in [0.717, 1.165) is 12.2 Å². The molecule has 0 atom stereocenters. The van der Waals surface area contributed by atoms with Crippen molar-refractivity contribution in [2.24, 2.45) is 5.92 Å². The highest BCUT2D eigenvalue weighted by atomic mass is 16.2. The van der Waals surface area contributed by atoms with Crippen LogP contribution in [0.5, 0.6) is 0 Å². The number of rotatable bonds is 4. The molecular weight excluding hydrogens is 214 g/mol. The summed E-state index contributed by atoms with van der Waals surface area (Å²) in [5, 5.41) is 2.86. The quantitative estimate of drug-likeness (QED) is 0.788. The first-order valence-corrected chi connectivity index (χ1v) is 5.94. The molecule has 0 heterocycles. The van der Waals surface area contributed by atoms with Gasteiger partial charge in [0.2, 0.25) is 0 Å². The third kappa shape index (κ3) is 4.34. The van der Waals surface area contributed by atoms with Gasteiger partial charge in [-0.2, -0.15) is 0 Å². The van der Waals surface area contributed by atoms with Crippen LogP contribution in [0.25, 0.3) is 0 Å². The van der Waals surface area contributed by atoms with E-state index in [4.69, 9.17) is 5.73 Å². The molecule has 3 N–H and O–H groups in total. The lowest BCUT2D eigenvalue weighted by molar-refractivity contribution is 0.208. The monoisotopic (exact) mass is 235 g/mol. The summed E-state index contributed by atoms with van der Waals surface area (Å²) in [6.07, 6.45) is 0. The van der Waals surface area contributed by atoms with Gasteiger partial charge in [-0.15, -0.1) is 0 Å². The molecule has 0 unspecified atom stereocenters. The van der Waals surface area contributed by atoms with Crippen LogP contribution in [0.15, 0.2) is 24.3 Å². The van der Waals surface area contributed by atoms with Gasteiger partial charge in [0, 0.05) is 24.5 Å². The first-order chi connectivity index (χ1) is 8.02. The summed E-state index contributed by atoms with van der Waals surface area (Å²) in [6.45, 7) is 7.64. The van der Waals surface area contributed by atoms with Gasteiger partial charge in [-0.3, -0.25) is 0 Å². The summed E-state index contributed by atoms with van der Waals surface area (Å²) in [5.41, 5.74) is 7.05. The molecule has 4 heteroatoms. The Labute approximate surface area is 103 Å². The van der Waals surface area contributed by atoms with Crippen LogP contribution in [0.3, 0.4) is 0 Å². The normalized spacial score (nSPS) is 10.4. The molecule has 0 aliphatic carbocycles. The van der Waals surface area contributed by atoms with Gasteiger partial charge in [0.1, 0.15) is 0 Å². The number of nitrogens with two attached hydrogens (primary N) is 1. The standard InChI is InChI=1S/C13H21N3O/c1-4-16(9-10(2)3)13(17)15-12-7-5-11(14)6-8-12/h5-8,10H,4,9,14H2,1-3H3,(H,15,17). The number of nitrogens with one attached hydrogen (secondary N) is 1. The molecule has 0 bridgehead atoms. The molecule has 1 aromatic carbocycles. The highest BCUT2D eigenvalue weighted by Gasteiger charge is 2.12. The lowest BCUT2D eigenvalue weighted by Crippen LogP contribution is -2.37. The number of benzene rings is 1. The molecule has 4 nitrogen and oxygen atoms in total. The summed E-state index contributed by atoms with van der Waals surface area (Å²) in [6, 6.07) is 7.08. The molecule has 0 spiro atoms. The molecule has 2 amide bonds. The number of carbonyl (C=O) groups excluding carboxylic acids is 1. The maximum absolute atomic E-state index is 11.9. The Morgan fingerprint density at radius 2 is 1.94 bits per heavy atom. The summed E-state index contributed by atoms with van der Waals surface area (Å²) in [4.78, 5) is 13.7.